The minimum Gasteiger partial charge on any atom is -0.479 e. The van der Waals surface area contributed by atoms with Crippen LogP contribution in [0.15, 0.2) is 41.1 Å². The van der Waals surface area contributed by atoms with E-state index in [-0.39, 0.29) is 29.1 Å². The number of aromatic nitrogens is 3. The molecule has 12 heteroatoms. The fourth-order valence-electron chi connectivity index (χ4n) is 2.25. The Balaban J connectivity index is 1.55. The summed E-state index contributed by atoms with van der Waals surface area (Å²) in [5, 5.41) is 3.29. The number of aryl methyl sites for hydroxylation is 1. The molecule has 0 saturated heterocycles. The van der Waals surface area contributed by atoms with Gasteiger partial charge in [-0.1, -0.05) is 16.8 Å². The van der Waals surface area contributed by atoms with Crippen molar-refractivity contribution in [2.45, 2.75) is 32.7 Å². The molecule has 0 fully saturated rings. The lowest BCUT2D eigenvalue weighted by molar-refractivity contribution is -0.153. The van der Waals surface area contributed by atoms with Crippen LogP contribution in [0.4, 0.5) is 13.2 Å². The molecule has 164 valence electrons. The third-order valence-corrected chi connectivity index (χ3v) is 4.00. The molecule has 0 N–H and O–H groups in total. The summed E-state index contributed by atoms with van der Waals surface area (Å²) in [6.45, 7) is 2.95. The number of nitrogens with zero attached hydrogens (tertiary/aromatic N) is 3. The topological polar surface area (TPSA) is 96.6 Å². The van der Waals surface area contributed by atoms with Crippen LogP contribution in [0.5, 0.6) is 17.4 Å². The van der Waals surface area contributed by atoms with E-state index >= 15 is 0 Å². The maximum Gasteiger partial charge on any atom is 0.417 e. The molecular formula is C19H15ClF3N3O5. The van der Waals surface area contributed by atoms with Gasteiger partial charge in [0.2, 0.25) is 5.88 Å². The first-order valence-corrected chi connectivity index (χ1v) is 9.13. The van der Waals surface area contributed by atoms with E-state index in [1.165, 1.54) is 31.2 Å². The van der Waals surface area contributed by atoms with Crippen LogP contribution in [-0.2, 0) is 22.3 Å². The van der Waals surface area contributed by atoms with Crippen molar-refractivity contribution in [2.24, 2.45) is 0 Å². The molecule has 0 amide bonds. The van der Waals surface area contributed by atoms with Crippen LogP contribution in [0, 0.1) is 6.92 Å². The molecule has 31 heavy (non-hydrogen) atoms. The van der Waals surface area contributed by atoms with Crippen molar-refractivity contribution in [1.29, 1.82) is 0 Å². The van der Waals surface area contributed by atoms with Crippen LogP contribution in [0.3, 0.4) is 0 Å². The van der Waals surface area contributed by atoms with Crippen molar-refractivity contribution in [1.82, 2.24) is 15.1 Å². The summed E-state index contributed by atoms with van der Waals surface area (Å²) in [7, 11) is 0. The van der Waals surface area contributed by atoms with Crippen LogP contribution in [-0.4, -0.2) is 27.2 Å². The molecule has 2 heterocycles. The molecule has 3 aromatic rings. The minimum atomic E-state index is -4.56. The van der Waals surface area contributed by atoms with Crippen molar-refractivity contribution in [3.8, 4) is 17.4 Å². The first-order chi connectivity index (χ1) is 14.6. The van der Waals surface area contributed by atoms with E-state index in [0.717, 1.165) is 6.07 Å². The highest BCUT2D eigenvalue weighted by Gasteiger charge is 2.31. The van der Waals surface area contributed by atoms with E-state index < -0.39 is 23.8 Å². The Morgan fingerprint density at radius 2 is 1.90 bits per heavy atom. The summed E-state index contributed by atoms with van der Waals surface area (Å²) in [4.78, 5) is 19.5. The van der Waals surface area contributed by atoms with E-state index in [2.05, 4.69) is 15.1 Å². The number of hydrogen-bond donors (Lipinski definition) is 0. The van der Waals surface area contributed by atoms with E-state index in [9.17, 15) is 18.0 Å². The summed E-state index contributed by atoms with van der Waals surface area (Å²) in [6, 6.07) is 6.68. The number of pyridine rings is 1. The fraction of sp³-hybridized carbons (Fsp3) is 0.263. The first kappa shape index (κ1) is 22.3. The van der Waals surface area contributed by atoms with Gasteiger partial charge in [0.15, 0.2) is 18.5 Å². The van der Waals surface area contributed by atoms with Crippen molar-refractivity contribution in [3.05, 3.63) is 58.8 Å². The molecular weight excluding hydrogens is 443 g/mol. The second-order valence-electron chi connectivity index (χ2n) is 6.19. The Kier molecular flexibility index (Phi) is 6.64. The van der Waals surface area contributed by atoms with E-state index in [4.69, 9.17) is 30.3 Å². The third-order valence-electron chi connectivity index (χ3n) is 3.73. The zero-order valence-corrected chi connectivity index (χ0v) is 16.9. The number of ether oxygens (including phenoxy) is 3. The Bertz CT molecular complexity index is 1060. The van der Waals surface area contributed by atoms with Crippen molar-refractivity contribution >= 4 is 17.6 Å². The van der Waals surface area contributed by atoms with Gasteiger partial charge in [0, 0.05) is 6.20 Å². The molecule has 2 aromatic heterocycles. The Morgan fingerprint density at radius 3 is 2.48 bits per heavy atom. The van der Waals surface area contributed by atoms with Gasteiger partial charge < -0.3 is 18.7 Å². The lowest BCUT2D eigenvalue weighted by Gasteiger charge is -2.14. The predicted octanol–water partition coefficient (Wildman–Crippen LogP) is 4.75. The van der Waals surface area contributed by atoms with Gasteiger partial charge >= 0.3 is 12.1 Å². The summed E-state index contributed by atoms with van der Waals surface area (Å²) in [5.74, 6) is 0.342. The minimum absolute atomic E-state index is 0.162. The molecule has 0 saturated carbocycles. The Morgan fingerprint density at radius 1 is 1.23 bits per heavy atom. The lowest BCUT2D eigenvalue weighted by atomic mass is 10.3. The summed E-state index contributed by atoms with van der Waals surface area (Å²) >= 11 is 5.82. The zero-order chi connectivity index (χ0) is 22.6. The van der Waals surface area contributed by atoms with Gasteiger partial charge in [-0.25, -0.2) is 9.78 Å². The number of esters is 1. The standard InChI is InChI=1S/C19H15ClF3N3O5/c1-10(18(27)28-9-16-25-11(2)26-31-16)29-13-3-5-14(6-4-13)30-17-15(20)7-12(8-24-17)19(21,22)23/h3-8,10H,9H2,1-2H3. The molecule has 1 atom stereocenters. The second-order valence-corrected chi connectivity index (χ2v) is 6.59. The molecule has 0 aliphatic carbocycles. The molecule has 1 aromatic carbocycles. The van der Waals surface area contributed by atoms with Gasteiger partial charge in [0.25, 0.3) is 5.89 Å². The average molecular weight is 458 g/mol. The number of carbonyl (C=O) groups excluding carboxylic acids is 1. The average Bonchev–Trinajstić information content (AvgIpc) is 3.13. The lowest BCUT2D eigenvalue weighted by Crippen LogP contribution is -2.26. The normalized spacial score (nSPS) is 12.3. The van der Waals surface area contributed by atoms with Crippen molar-refractivity contribution in [2.75, 3.05) is 0 Å². The number of alkyl halides is 3. The summed E-state index contributed by atoms with van der Waals surface area (Å²) < 4.78 is 58.8. The molecule has 0 radical (unpaired) electrons. The fourth-order valence-corrected chi connectivity index (χ4v) is 2.46. The SMILES string of the molecule is Cc1noc(COC(=O)C(C)Oc2ccc(Oc3ncc(C(F)(F)F)cc3Cl)cc2)n1. The van der Waals surface area contributed by atoms with Gasteiger partial charge in [-0.3, -0.25) is 0 Å². The van der Waals surface area contributed by atoms with Crippen molar-refractivity contribution < 1.29 is 36.7 Å². The van der Waals surface area contributed by atoms with Gasteiger partial charge in [0.05, 0.1) is 5.56 Å². The third kappa shape index (κ3) is 6.07. The predicted molar refractivity (Wildman–Crippen MR) is 99.7 cm³/mol. The molecule has 0 aliphatic heterocycles. The summed E-state index contributed by atoms with van der Waals surface area (Å²) in [5.41, 5.74) is -0.983. The van der Waals surface area contributed by atoms with Crippen molar-refractivity contribution in [3.63, 3.8) is 0 Å². The number of carbonyl (C=O) groups is 1. The van der Waals surface area contributed by atoms with Crippen LogP contribution in [0.25, 0.3) is 0 Å². The highest BCUT2D eigenvalue weighted by Crippen LogP contribution is 2.34. The second kappa shape index (κ2) is 9.21. The van der Waals surface area contributed by atoms with Crippen LogP contribution in [0.1, 0.15) is 24.2 Å². The highest BCUT2D eigenvalue weighted by atomic mass is 35.5. The molecule has 8 nitrogen and oxygen atoms in total. The smallest absolute Gasteiger partial charge is 0.417 e. The number of halogens is 4. The zero-order valence-electron chi connectivity index (χ0n) is 16.1. The molecule has 1 unspecified atom stereocenters. The summed E-state index contributed by atoms with van der Waals surface area (Å²) in [6.07, 6.45) is -4.86. The molecule has 0 bridgehead atoms. The monoisotopic (exact) mass is 457 g/mol. The maximum absolute atomic E-state index is 12.7. The van der Waals surface area contributed by atoms with E-state index in [1.807, 2.05) is 0 Å². The number of hydrogen-bond acceptors (Lipinski definition) is 8. The van der Waals surface area contributed by atoms with Crippen LogP contribution >= 0.6 is 11.6 Å². The van der Waals surface area contributed by atoms with Gasteiger partial charge in [-0.05, 0) is 44.2 Å². The van der Waals surface area contributed by atoms with Gasteiger partial charge in [0.1, 0.15) is 16.5 Å². The largest absolute Gasteiger partial charge is 0.479 e. The van der Waals surface area contributed by atoms with Gasteiger partial charge in [-0.15, -0.1) is 0 Å². The molecule has 0 aliphatic rings. The first-order valence-electron chi connectivity index (χ1n) is 8.75. The number of benzene rings is 1. The number of rotatable bonds is 7. The molecule has 0 spiro atoms. The Hall–Kier alpha value is -3.34. The highest BCUT2D eigenvalue weighted by molar-refractivity contribution is 6.31. The molecule has 3 rings (SSSR count). The van der Waals surface area contributed by atoms with E-state index in [1.54, 1.807) is 6.92 Å². The Labute approximate surface area is 178 Å². The van der Waals surface area contributed by atoms with Crippen LogP contribution in [0.2, 0.25) is 5.02 Å². The van der Waals surface area contributed by atoms with Gasteiger partial charge in [-0.2, -0.15) is 18.2 Å². The maximum atomic E-state index is 12.7. The van der Waals surface area contributed by atoms with Crippen LogP contribution < -0.4 is 9.47 Å². The quantitative estimate of drug-likeness (QED) is 0.469. The van der Waals surface area contributed by atoms with E-state index in [0.29, 0.717) is 17.8 Å².